The fraction of sp³-hybridized carbons (Fsp3) is 0.188. The van der Waals surface area contributed by atoms with Crippen LogP contribution in [0, 0.1) is 6.92 Å². The standard InChI is InChI=1S/C16H13Cl2NO4/c1-3-22-15(20)11-5-6-13(19-9(11)2)16(21)23-14-7-4-10(17)8-12(14)18/h4-8H,3H2,1-2H3. The maximum atomic E-state index is 12.1. The Hall–Kier alpha value is -2.11. The first-order chi connectivity index (χ1) is 10.9. The molecule has 7 heteroatoms. The monoisotopic (exact) mass is 353 g/mol. The first-order valence-corrected chi connectivity index (χ1v) is 7.50. The summed E-state index contributed by atoms with van der Waals surface area (Å²) in [7, 11) is 0. The predicted molar refractivity (Wildman–Crippen MR) is 86.4 cm³/mol. The summed E-state index contributed by atoms with van der Waals surface area (Å²) in [5, 5.41) is 0.647. The lowest BCUT2D eigenvalue weighted by atomic mass is 10.2. The number of benzene rings is 1. The number of hydrogen-bond donors (Lipinski definition) is 0. The van der Waals surface area contributed by atoms with Gasteiger partial charge in [-0.05, 0) is 44.2 Å². The van der Waals surface area contributed by atoms with Crippen LogP contribution in [0.4, 0.5) is 0 Å². The molecule has 0 aliphatic heterocycles. The molecule has 2 aromatic rings. The van der Waals surface area contributed by atoms with Crippen molar-refractivity contribution < 1.29 is 19.1 Å². The van der Waals surface area contributed by atoms with Gasteiger partial charge in [0.05, 0.1) is 22.9 Å². The Morgan fingerprint density at radius 3 is 2.48 bits per heavy atom. The van der Waals surface area contributed by atoms with E-state index in [4.69, 9.17) is 32.7 Å². The van der Waals surface area contributed by atoms with E-state index in [9.17, 15) is 9.59 Å². The molecule has 0 saturated heterocycles. The quantitative estimate of drug-likeness (QED) is 0.611. The summed E-state index contributed by atoms with van der Waals surface area (Å²) in [4.78, 5) is 27.9. The number of nitrogens with zero attached hydrogens (tertiary/aromatic N) is 1. The number of carbonyl (C=O) groups excluding carboxylic acids is 2. The van der Waals surface area contributed by atoms with E-state index in [1.165, 1.54) is 24.3 Å². The van der Waals surface area contributed by atoms with Crippen LogP contribution in [0.25, 0.3) is 0 Å². The van der Waals surface area contributed by atoms with Gasteiger partial charge in [0, 0.05) is 5.02 Å². The Kier molecular flexibility index (Phi) is 5.58. The molecule has 5 nitrogen and oxygen atoms in total. The normalized spacial score (nSPS) is 10.3. The topological polar surface area (TPSA) is 65.5 Å². The average Bonchev–Trinajstić information content (AvgIpc) is 2.50. The molecule has 0 N–H and O–H groups in total. The van der Waals surface area contributed by atoms with Crippen molar-refractivity contribution in [1.82, 2.24) is 4.98 Å². The number of rotatable bonds is 4. The summed E-state index contributed by atoms with van der Waals surface area (Å²) in [6.45, 7) is 3.58. The minimum Gasteiger partial charge on any atom is -0.462 e. The smallest absolute Gasteiger partial charge is 0.362 e. The third-order valence-electron chi connectivity index (χ3n) is 2.89. The molecule has 0 saturated carbocycles. The van der Waals surface area contributed by atoms with Crippen molar-refractivity contribution in [3.05, 3.63) is 57.3 Å². The molecular weight excluding hydrogens is 341 g/mol. The number of aromatic nitrogens is 1. The lowest BCUT2D eigenvalue weighted by molar-refractivity contribution is 0.0523. The SMILES string of the molecule is CCOC(=O)c1ccc(C(=O)Oc2ccc(Cl)cc2Cl)nc1C. The molecule has 1 aromatic heterocycles. The summed E-state index contributed by atoms with van der Waals surface area (Å²) in [5.74, 6) is -0.999. The zero-order chi connectivity index (χ0) is 17.0. The second kappa shape index (κ2) is 7.44. The van der Waals surface area contributed by atoms with Gasteiger partial charge in [-0.2, -0.15) is 0 Å². The highest BCUT2D eigenvalue weighted by Crippen LogP contribution is 2.28. The van der Waals surface area contributed by atoms with Crippen LogP contribution in [0.15, 0.2) is 30.3 Å². The summed E-state index contributed by atoms with van der Waals surface area (Å²) in [5.41, 5.74) is 0.731. The maximum absolute atomic E-state index is 12.1. The molecule has 1 heterocycles. The Morgan fingerprint density at radius 2 is 1.87 bits per heavy atom. The molecule has 0 atom stereocenters. The van der Waals surface area contributed by atoms with Crippen molar-refractivity contribution in [2.24, 2.45) is 0 Å². The highest BCUT2D eigenvalue weighted by Gasteiger charge is 2.17. The molecule has 0 amide bonds. The molecule has 0 radical (unpaired) electrons. The lowest BCUT2D eigenvalue weighted by Crippen LogP contribution is -2.14. The van der Waals surface area contributed by atoms with Crippen LogP contribution in [0.5, 0.6) is 5.75 Å². The Balaban J connectivity index is 2.20. The number of pyridine rings is 1. The van der Waals surface area contributed by atoms with E-state index in [1.807, 2.05) is 0 Å². The van der Waals surface area contributed by atoms with E-state index in [1.54, 1.807) is 19.9 Å². The number of esters is 2. The zero-order valence-electron chi connectivity index (χ0n) is 12.4. The van der Waals surface area contributed by atoms with Crippen LogP contribution < -0.4 is 4.74 Å². The van der Waals surface area contributed by atoms with Crippen molar-refractivity contribution in [3.63, 3.8) is 0 Å². The van der Waals surface area contributed by atoms with Gasteiger partial charge in [-0.1, -0.05) is 23.2 Å². The fourth-order valence-corrected chi connectivity index (χ4v) is 2.26. The van der Waals surface area contributed by atoms with E-state index in [-0.39, 0.29) is 23.1 Å². The molecule has 120 valence electrons. The van der Waals surface area contributed by atoms with Gasteiger partial charge in [0.25, 0.3) is 0 Å². The largest absolute Gasteiger partial charge is 0.462 e. The Labute approximate surface area is 143 Å². The molecule has 0 aliphatic rings. The second-order valence-electron chi connectivity index (χ2n) is 4.51. The van der Waals surface area contributed by atoms with Gasteiger partial charge >= 0.3 is 11.9 Å². The number of carbonyl (C=O) groups is 2. The first-order valence-electron chi connectivity index (χ1n) is 6.74. The molecule has 0 fully saturated rings. The molecule has 0 aliphatic carbocycles. The van der Waals surface area contributed by atoms with Crippen LogP contribution >= 0.6 is 23.2 Å². The van der Waals surface area contributed by atoms with Gasteiger partial charge in [0.15, 0.2) is 0 Å². The van der Waals surface area contributed by atoms with Crippen LogP contribution in [0.2, 0.25) is 10.0 Å². The molecular formula is C16H13Cl2NO4. The number of hydrogen-bond acceptors (Lipinski definition) is 5. The summed E-state index contributed by atoms with van der Waals surface area (Å²) in [6.07, 6.45) is 0. The number of ether oxygens (including phenoxy) is 2. The third kappa shape index (κ3) is 4.21. The lowest BCUT2D eigenvalue weighted by Gasteiger charge is -2.08. The highest BCUT2D eigenvalue weighted by atomic mass is 35.5. The van der Waals surface area contributed by atoms with Crippen LogP contribution in [-0.2, 0) is 4.74 Å². The minimum atomic E-state index is -0.687. The molecule has 0 bridgehead atoms. The first kappa shape index (κ1) is 17.2. The minimum absolute atomic E-state index is 0.0570. The van der Waals surface area contributed by atoms with Gasteiger partial charge in [-0.25, -0.2) is 14.6 Å². The summed E-state index contributed by atoms with van der Waals surface area (Å²) in [6, 6.07) is 7.38. The zero-order valence-corrected chi connectivity index (χ0v) is 13.9. The molecule has 23 heavy (non-hydrogen) atoms. The summed E-state index contributed by atoms with van der Waals surface area (Å²) >= 11 is 11.7. The van der Waals surface area contributed by atoms with Crippen LogP contribution in [-0.4, -0.2) is 23.5 Å². The van der Waals surface area contributed by atoms with E-state index in [0.29, 0.717) is 16.3 Å². The average molecular weight is 354 g/mol. The van der Waals surface area contributed by atoms with Crippen molar-refractivity contribution in [3.8, 4) is 5.75 Å². The fourth-order valence-electron chi connectivity index (χ4n) is 1.81. The molecule has 0 spiro atoms. The van der Waals surface area contributed by atoms with Crippen LogP contribution in [0.1, 0.15) is 33.5 Å². The van der Waals surface area contributed by atoms with E-state index in [0.717, 1.165) is 0 Å². The maximum Gasteiger partial charge on any atom is 0.362 e. The van der Waals surface area contributed by atoms with E-state index >= 15 is 0 Å². The molecule has 0 unspecified atom stereocenters. The van der Waals surface area contributed by atoms with Crippen LogP contribution in [0.3, 0.4) is 0 Å². The second-order valence-corrected chi connectivity index (χ2v) is 5.36. The van der Waals surface area contributed by atoms with Crippen molar-refractivity contribution in [1.29, 1.82) is 0 Å². The Morgan fingerprint density at radius 1 is 1.13 bits per heavy atom. The van der Waals surface area contributed by atoms with Gasteiger partial charge in [-0.15, -0.1) is 0 Å². The third-order valence-corrected chi connectivity index (χ3v) is 3.42. The number of halogens is 2. The van der Waals surface area contributed by atoms with Crippen molar-refractivity contribution >= 4 is 35.1 Å². The molecule has 1 aromatic carbocycles. The number of aryl methyl sites for hydroxylation is 1. The predicted octanol–water partition coefficient (Wildman–Crippen LogP) is 4.09. The van der Waals surface area contributed by atoms with Gasteiger partial charge in [0.1, 0.15) is 11.4 Å². The summed E-state index contributed by atoms with van der Waals surface area (Å²) < 4.78 is 10.1. The van der Waals surface area contributed by atoms with Gasteiger partial charge in [0.2, 0.25) is 0 Å². The van der Waals surface area contributed by atoms with E-state index < -0.39 is 11.9 Å². The molecule has 2 rings (SSSR count). The van der Waals surface area contributed by atoms with Gasteiger partial charge in [-0.3, -0.25) is 0 Å². The van der Waals surface area contributed by atoms with Crippen molar-refractivity contribution in [2.45, 2.75) is 13.8 Å². The van der Waals surface area contributed by atoms with Gasteiger partial charge < -0.3 is 9.47 Å². The Bertz CT molecular complexity index is 762. The highest BCUT2D eigenvalue weighted by molar-refractivity contribution is 6.35. The van der Waals surface area contributed by atoms with Crippen molar-refractivity contribution in [2.75, 3.05) is 6.61 Å². The van der Waals surface area contributed by atoms with E-state index in [2.05, 4.69) is 4.98 Å².